The summed E-state index contributed by atoms with van der Waals surface area (Å²) >= 11 is 0. The number of rotatable bonds is 6. The molecule has 3 aliphatic carbocycles. The Hall–Kier alpha value is -3.21. The molecule has 3 aliphatic rings. The average molecular weight is 500 g/mol. The summed E-state index contributed by atoms with van der Waals surface area (Å²) in [4.78, 5) is 40.4. The van der Waals surface area contributed by atoms with Crippen LogP contribution in [0.5, 0.6) is 5.75 Å². The van der Waals surface area contributed by atoms with Crippen molar-refractivity contribution in [3.05, 3.63) is 45.7 Å². The number of aliphatic hydroxyl groups excluding tert-OH is 2. The van der Waals surface area contributed by atoms with Crippen molar-refractivity contribution >= 4 is 23.2 Å². The number of carbonyl (C=O) groups is 3. The fraction of sp³-hybridized carbons (Fsp3) is 0.500. The van der Waals surface area contributed by atoms with Gasteiger partial charge in [0.05, 0.1) is 11.6 Å². The number of aliphatic hydroxyl groups is 3. The quantitative estimate of drug-likeness (QED) is 0.308. The SMILES string of the molecule is CC(C)CNCc1ccc(O)c2c1C[C@@H]1C[C@@H]3C(N(C)C)C(=O)C(C(N)=O)=C(O)[C@]3(O)C(=O)C1=C2O. The molecule has 1 unspecified atom stereocenters. The highest BCUT2D eigenvalue weighted by atomic mass is 16.3. The molecule has 1 amide bonds. The number of amides is 1. The van der Waals surface area contributed by atoms with Crippen molar-refractivity contribution in [3.8, 4) is 5.75 Å². The maximum Gasteiger partial charge on any atom is 0.255 e. The lowest BCUT2D eigenvalue weighted by Gasteiger charge is -2.50. The summed E-state index contributed by atoms with van der Waals surface area (Å²) in [5, 5.41) is 47.7. The first-order valence-corrected chi connectivity index (χ1v) is 12.0. The number of ketones is 2. The smallest absolute Gasteiger partial charge is 0.255 e. The minimum atomic E-state index is -2.63. The molecule has 0 saturated heterocycles. The van der Waals surface area contributed by atoms with Crippen molar-refractivity contribution in [2.24, 2.45) is 23.5 Å². The van der Waals surface area contributed by atoms with Gasteiger partial charge in [-0.3, -0.25) is 19.3 Å². The van der Waals surface area contributed by atoms with E-state index in [0.717, 1.165) is 12.1 Å². The Morgan fingerprint density at radius 2 is 1.89 bits per heavy atom. The highest BCUT2D eigenvalue weighted by molar-refractivity contribution is 6.24. The molecule has 0 bridgehead atoms. The monoisotopic (exact) mass is 499 g/mol. The second-order valence-corrected chi connectivity index (χ2v) is 10.6. The van der Waals surface area contributed by atoms with Gasteiger partial charge >= 0.3 is 0 Å². The van der Waals surface area contributed by atoms with Crippen LogP contribution in [0, 0.1) is 17.8 Å². The van der Waals surface area contributed by atoms with E-state index in [0.29, 0.717) is 18.0 Å². The van der Waals surface area contributed by atoms with Gasteiger partial charge in [-0.1, -0.05) is 19.9 Å². The number of fused-ring (bicyclic) bond motifs is 3. The van der Waals surface area contributed by atoms with Crippen LogP contribution in [0.15, 0.2) is 29.0 Å². The Bertz CT molecular complexity index is 1220. The molecule has 0 heterocycles. The van der Waals surface area contributed by atoms with Gasteiger partial charge in [0.25, 0.3) is 5.91 Å². The van der Waals surface area contributed by atoms with Crippen molar-refractivity contribution in [1.82, 2.24) is 10.2 Å². The number of nitrogens with one attached hydrogen (secondary N) is 1. The Labute approximate surface area is 209 Å². The Morgan fingerprint density at radius 1 is 1.22 bits per heavy atom. The van der Waals surface area contributed by atoms with Crippen LogP contribution in [-0.2, 0) is 27.3 Å². The molecule has 1 saturated carbocycles. The molecule has 0 radical (unpaired) electrons. The molecule has 0 aliphatic heterocycles. The Morgan fingerprint density at radius 3 is 2.47 bits per heavy atom. The van der Waals surface area contributed by atoms with Gasteiger partial charge in [0.15, 0.2) is 11.4 Å². The predicted molar refractivity (Wildman–Crippen MR) is 131 cm³/mol. The standard InChI is InChI=1S/C26H33N3O7/c1-11(2)9-28-10-12-5-6-16(30)18-14(12)7-13-8-15-20(29(3)4)22(32)19(25(27)35)24(34)26(15,36)23(33)17(13)21(18)31/h5-6,11,13,15,20,28,30-31,34,36H,7-10H2,1-4H3,(H2,27,35)/t13-,15-,20?,26-/m1/s1. The number of primary amides is 1. The van der Waals surface area contributed by atoms with Crippen molar-refractivity contribution in [2.45, 2.75) is 44.9 Å². The Kier molecular flexibility index (Phi) is 6.48. The maximum atomic E-state index is 13.8. The first kappa shape index (κ1) is 25.9. The summed E-state index contributed by atoms with van der Waals surface area (Å²) in [6.45, 7) is 5.41. The van der Waals surface area contributed by atoms with Crippen LogP contribution in [0.1, 0.15) is 37.0 Å². The molecule has 194 valence electrons. The number of likely N-dealkylation sites (N-methyl/N-ethyl adjacent to an activating group) is 1. The van der Waals surface area contributed by atoms with E-state index in [1.807, 2.05) is 0 Å². The molecule has 7 N–H and O–H groups in total. The van der Waals surface area contributed by atoms with Crippen LogP contribution in [-0.4, -0.2) is 75.1 Å². The number of nitrogens with two attached hydrogens (primary N) is 1. The largest absolute Gasteiger partial charge is 0.508 e. The highest BCUT2D eigenvalue weighted by Crippen LogP contribution is 2.52. The summed E-state index contributed by atoms with van der Waals surface area (Å²) in [5.74, 6) is -6.06. The summed E-state index contributed by atoms with van der Waals surface area (Å²) < 4.78 is 0. The number of hydrogen-bond donors (Lipinski definition) is 6. The second-order valence-electron chi connectivity index (χ2n) is 10.6. The summed E-state index contributed by atoms with van der Waals surface area (Å²) in [7, 11) is 3.15. The van der Waals surface area contributed by atoms with Crippen LogP contribution in [0.25, 0.3) is 5.76 Å². The molecule has 10 nitrogen and oxygen atoms in total. The first-order chi connectivity index (χ1) is 16.8. The molecule has 10 heteroatoms. The molecule has 1 fully saturated rings. The van der Waals surface area contributed by atoms with E-state index in [9.17, 15) is 34.8 Å². The Balaban J connectivity index is 1.88. The molecule has 0 spiro atoms. The van der Waals surface area contributed by atoms with E-state index in [-0.39, 0.29) is 29.7 Å². The lowest BCUT2D eigenvalue weighted by molar-refractivity contribution is -0.153. The normalized spacial score (nSPS) is 27.9. The zero-order chi connectivity index (χ0) is 26.7. The number of carbonyl (C=O) groups excluding carboxylic acids is 3. The van der Waals surface area contributed by atoms with Gasteiger partial charge in [-0.2, -0.15) is 0 Å². The van der Waals surface area contributed by atoms with Gasteiger partial charge in [0, 0.05) is 18.0 Å². The topological polar surface area (TPSA) is 173 Å². The third-order valence-electron chi connectivity index (χ3n) is 7.57. The van der Waals surface area contributed by atoms with Crippen molar-refractivity contribution in [1.29, 1.82) is 0 Å². The number of phenolic OH excluding ortho intramolecular Hbond substituents is 1. The lowest BCUT2D eigenvalue weighted by atomic mass is 9.57. The number of aromatic hydroxyl groups is 1. The van der Waals surface area contributed by atoms with Gasteiger partial charge in [-0.05, 0) is 62.5 Å². The van der Waals surface area contributed by atoms with Gasteiger partial charge in [-0.25, -0.2) is 0 Å². The molecule has 1 aromatic carbocycles. The molecular formula is C26H33N3O7. The first-order valence-electron chi connectivity index (χ1n) is 12.0. The van der Waals surface area contributed by atoms with Crippen LogP contribution in [0.2, 0.25) is 0 Å². The van der Waals surface area contributed by atoms with Gasteiger partial charge < -0.3 is 31.5 Å². The zero-order valence-corrected chi connectivity index (χ0v) is 20.8. The number of hydrogen-bond acceptors (Lipinski definition) is 9. The molecule has 0 aromatic heterocycles. The van der Waals surface area contributed by atoms with Crippen LogP contribution in [0.4, 0.5) is 0 Å². The van der Waals surface area contributed by atoms with Crippen LogP contribution in [0.3, 0.4) is 0 Å². The zero-order valence-electron chi connectivity index (χ0n) is 20.8. The van der Waals surface area contributed by atoms with Crippen molar-refractivity contribution in [2.75, 3.05) is 20.6 Å². The number of nitrogens with zero attached hydrogens (tertiary/aromatic N) is 1. The van der Waals surface area contributed by atoms with Crippen molar-refractivity contribution < 1.29 is 34.8 Å². The highest BCUT2D eigenvalue weighted by Gasteiger charge is 2.64. The molecule has 1 aromatic rings. The number of benzene rings is 1. The second kappa shape index (κ2) is 9.02. The van der Waals surface area contributed by atoms with E-state index in [2.05, 4.69) is 19.2 Å². The van der Waals surface area contributed by atoms with Gasteiger partial charge in [0.2, 0.25) is 5.78 Å². The van der Waals surface area contributed by atoms with E-state index in [4.69, 9.17) is 5.73 Å². The molecular weight excluding hydrogens is 466 g/mol. The van der Waals surface area contributed by atoms with E-state index >= 15 is 0 Å². The van der Waals surface area contributed by atoms with Crippen LogP contribution < -0.4 is 11.1 Å². The third kappa shape index (κ3) is 3.71. The summed E-state index contributed by atoms with van der Waals surface area (Å²) in [6, 6.07) is 2.11. The van der Waals surface area contributed by atoms with E-state index in [1.54, 1.807) is 20.2 Å². The molecule has 4 rings (SSSR count). The van der Waals surface area contributed by atoms with Gasteiger partial charge in [0.1, 0.15) is 22.8 Å². The number of Topliss-reactive ketones (excluding diaryl/α,β-unsaturated/α-hetero) is 2. The van der Waals surface area contributed by atoms with Gasteiger partial charge in [-0.15, -0.1) is 0 Å². The average Bonchev–Trinajstić information content (AvgIpc) is 2.77. The van der Waals surface area contributed by atoms with E-state index in [1.165, 1.54) is 11.0 Å². The summed E-state index contributed by atoms with van der Waals surface area (Å²) in [5.41, 5.74) is 3.37. The molecule has 36 heavy (non-hydrogen) atoms. The minimum Gasteiger partial charge on any atom is -0.508 e. The maximum absolute atomic E-state index is 13.8. The fourth-order valence-corrected chi connectivity index (χ4v) is 5.97. The number of phenols is 1. The predicted octanol–water partition coefficient (Wildman–Crippen LogP) is 0.710. The van der Waals surface area contributed by atoms with Crippen LogP contribution >= 0.6 is 0 Å². The third-order valence-corrected chi connectivity index (χ3v) is 7.57. The minimum absolute atomic E-state index is 0.0697. The van der Waals surface area contributed by atoms with Crippen molar-refractivity contribution in [3.63, 3.8) is 0 Å². The molecule has 4 atom stereocenters. The fourth-order valence-electron chi connectivity index (χ4n) is 5.97. The summed E-state index contributed by atoms with van der Waals surface area (Å²) in [6.07, 6.45) is 0.349. The lowest BCUT2D eigenvalue weighted by Crippen LogP contribution is -2.65. The van der Waals surface area contributed by atoms with E-state index < -0.39 is 58.0 Å².